The summed E-state index contributed by atoms with van der Waals surface area (Å²) in [5.41, 5.74) is 0. The topological polar surface area (TPSA) is 29.5 Å². The molecule has 12 heavy (non-hydrogen) atoms. The van der Waals surface area contributed by atoms with Crippen molar-refractivity contribution >= 4 is 0 Å². The van der Waals surface area contributed by atoms with Gasteiger partial charge in [-0.25, -0.2) is 0 Å². The highest BCUT2D eigenvalue weighted by Crippen LogP contribution is 2.35. The van der Waals surface area contributed by atoms with Crippen molar-refractivity contribution in [1.82, 2.24) is 0 Å². The Morgan fingerprint density at radius 1 is 1.50 bits per heavy atom. The monoisotopic (exact) mass is 168 g/mol. The predicted octanol–water partition coefficient (Wildman–Crippen LogP) is 1.35. The van der Waals surface area contributed by atoms with Crippen LogP contribution < -0.4 is 0 Å². The largest absolute Gasteiger partial charge is 0.396 e. The minimum atomic E-state index is 0.297. The fourth-order valence-corrected chi connectivity index (χ4v) is 2.29. The first kappa shape index (κ1) is 8.27. The molecule has 1 aliphatic heterocycles. The normalized spacial score (nSPS) is 39.9. The molecule has 0 spiro atoms. The number of allylic oxidation sites excluding steroid dienone is 1. The highest BCUT2D eigenvalue weighted by atomic mass is 16.5. The van der Waals surface area contributed by atoms with Crippen LogP contribution in [0.15, 0.2) is 12.2 Å². The van der Waals surface area contributed by atoms with Gasteiger partial charge in [0.1, 0.15) is 0 Å². The molecule has 2 rings (SSSR count). The van der Waals surface area contributed by atoms with Gasteiger partial charge in [-0.15, -0.1) is 0 Å². The van der Waals surface area contributed by atoms with Crippen LogP contribution in [0, 0.1) is 11.8 Å². The maximum Gasteiger partial charge on any atom is 0.0644 e. The number of rotatable bonds is 2. The summed E-state index contributed by atoms with van der Waals surface area (Å²) in [6, 6.07) is 0. The highest BCUT2D eigenvalue weighted by Gasteiger charge is 2.35. The average Bonchev–Trinajstić information content (AvgIpc) is 2.50. The van der Waals surface area contributed by atoms with E-state index < -0.39 is 0 Å². The molecule has 1 fully saturated rings. The lowest BCUT2D eigenvalue weighted by atomic mass is 9.84. The Morgan fingerprint density at radius 2 is 2.42 bits per heavy atom. The summed E-state index contributed by atoms with van der Waals surface area (Å²) in [7, 11) is 0. The van der Waals surface area contributed by atoms with Gasteiger partial charge in [0.2, 0.25) is 0 Å². The second kappa shape index (κ2) is 3.58. The third-order valence-electron chi connectivity index (χ3n) is 2.97. The quantitative estimate of drug-likeness (QED) is 0.631. The standard InChI is InChI=1S/C10H16O2/c11-6-5-8-7-12-10-4-2-1-3-9(8)10/h1,3,8-11H,2,4-7H2/t8-,9-,10-/m1/s1. The van der Waals surface area contributed by atoms with Crippen LogP contribution in [-0.4, -0.2) is 24.4 Å². The van der Waals surface area contributed by atoms with Crippen molar-refractivity contribution < 1.29 is 9.84 Å². The van der Waals surface area contributed by atoms with E-state index in [1.54, 1.807) is 0 Å². The molecule has 2 nitrogen and oxygen atoms in total. The van der Waals surface area contributed by atoms with E-state index in [1.165, 1.54) is 6.42 Å². The molecule has 1 saturated heterocycles. The number of aliphatic hydroxyl groups is 1. The lowest BCUT2D eigenvalue weighted by molar-refractivity contribution is 0.0880. The molecule has 2 aliphatic rings. The summed E-state index contributed by atoms with van der Waals surface area (Å²) >= 11 is 0. The van der Waals surface area contributed by atoms with Gasteiger partial charge in [-0.3, -0.25) is 0 Å². The van der Waals surface area contributed by atoms with Gasteiger partial charge >= 0.3 is 0 Å². The summed E-state index contributed by atoms with van der Waals surface area (Å²) < 4.78 is 5.66. The molecular formula is C10H16O2. The summed E-state index contributed by atoms with van der Waals surface area (Å²) in [4.78, 5) is 0. The van der Waals surface area contributed by atoms with Crippen LogP contribution in [-0.2, 0) is 4.74 Å². The molecule has 0 unspecified atom stereocenters. The zero-order chi connectivity index (χ0) is 8.39. The van der Waals surface area contributed by atoms with Crippen LogP contribution in [0.4, 0.5) is 0 Å². The van der Waals surface area contributed by atoms with E-state index in [-0.39, 0.29) is 0 Å². The van der Waals surface area contributed by atoms with Crippen LogP contribution in [0.1, 0.15) is 19.3 Å². The van der Waals surface area contributed by atoms with Gasteiger partial charge in [0.25, 0.3) is 0 Å². The second-order valence-electron chi connectivity index (χ2n) is 3.73. The van der Waals surface area contributed by atoms with Gasteiger partial charge < -0.3 is 9.84 Å². The smallest absolute Gasteiger partial charge is 0.0644 e. The zero-order valence-electron chi connectivity index (χ0n) is 7.28. The van der Waals surface area contributed by atoms with Crippen molar-refractivity contribution in [2.45, 2.75) is 25.4 Å². The number of ether oxygens (including phenoxy) is 1. The molecule has 0 amide bonds. The van der Waals surface area contributed by atoms with Gasteiger partial charge in [0.05, 0.1) is 12.7 Å². The zero-order valence-corrected chi connectivity index (χ0v) is 7.28. The van der Waals surface area contributed by atoms with Crippen molar-refractivity contribution in [1.29, 1.82) is 0 Å². The molecule has 2 heteroatoms. The Hall–Kier alpha value is -0.340. The van der Waals surface area contributed by atoms with E-state index in [1.807, 2.05) is 0 Å². The molecule has 1 heterocycles. The molecule has 0 bridgehead atoms. The van der Waals surface area contributed by atoms with Gasteiger partial charge in [0, 0.05) is 12.5 Å². The Labute approximate surface area is 73.2 Å². The number of fused-ring (bicyclic) bond motifs is 1. The van der Waals surface area contributed by atoms with E-state index in [4.69, 9.17) is 9.84 Å². The minimum Gasteiger partial charge on any atom is -0.396 e. The fourth-order valence-electron chi connectivity index (χ4n) is 2.29. The first-order valence-electron chi connectivity index (χ1n) is 4.81. The Morgan fingerprint density at radius 3 is 3.25 bits per heavy atom. The number of hydrogen-bond donors (Lipinski definition) is 1. The van der Waals surface area contributed by atoms with E-state index in [9.17, 15) is 0 Å². The van der Waals surface area contributed by atoms with Gasteiger partial charge in [-0.05, 0) is 25.2 Å². The first-order valence-corrected chi connectivity index (χ1v) is 4.81. The maximum atomic E-state index is 8.84. The van der Waals surface area contributed by atoms with Crippen molar-refractivity contribution in [2.75, 3.05) is 13.2 Å². The Kier molecular flexibility index (Phi) is 2.47. The molecule has 0 aromatic carbocycles. The van der Waals surface area contributed by atoms with Crippen molar-refractivity contribution in [3.05, 3.63) is 12.2 Å². The molecule has 0 saturated carbocycles. The van der Waals surface area contributed by atoms with Gasteiger partial charge in [-0.1, -0.05) is 12.2 Å². The highest BCUT2D eigenvalue weighted by molar-refractivity contribution is 5.03. The molecular weight excluding hydrogens is 152 g/mol. The summed E-state index contributed by atoms with van der Waals surface area (Å²) in [6.07, 6.45) is 8.20. The SMILES string of the molecule is OCC[C@@H]1CO[C@@H]2CCC=C[C@H]12. The molecule has 3 atom stereocenters. The number of aliphatic hydroxyl groups excluding tert-OH is 1. The molecule has 1 N–H and O–H groups in total. The van der Waals surface area contributed by atoms with Crippen LogP contribution >= 0.6 is 0 Å². The lowest BCUT2D eigenvalue weighted by Crippen LogP contribution is -2.21. The molecule has 0 radical (unpaired) electrons. The lowest BCUT2D eigenvalue weighted by Gasteiger charge is -2.21. The number of hydrogen-bond acceptors (Lipinski definition) is 2. The van der Waals surface area contributed by atoms with Crippen LogP contribution in [0.2, 0.25) is 0 Å². The van der Waals surface area contributed by atoms with E-state index in [0.29, 0.717) is 24.5 Å². The molecule has 1 aliphatic carbocycles. The molecule has 0 aromatic heterocycles. The first-order chi connectivity index (χ1) is 5.92. The minimum absolute atomic E-state index is 0.297. The van der Waals surface area contributed by atoms with Gasteiger partial charge in [0.15, 0.2) is 0 Å². The van der Waals surface area contributed by atoms with E-state index in [0.717, 1.165) is 19.4 Å². The maximum absolute atomic E-state index is 8.84. The van der Waals surface area contributed by atoms with Crippen LogP contribution in [0.25, 0.3) is 0 Å². The molecule has 68 valence electrons. The Balaban J connectivity index is 2.00. The van der Waals surface area contributed by atoms with Crippen molar-refractivity contribution in [3.63, 3.8) is 0 Å². The Bertz CT molecular complexity index is 177. The van der Waals surface area contributed by atoms with Crippen molar-refractivity contribution in [3.8, 4) is 0 Å². The second-order valence-corrected chi connectivity index (χ2v) is 3.73. The predicted molar refractivity (Wildman–Crippen MR) is 46.8 cm³/mol. The third-order valence-corrected chi connectivity index (χ3v) is 2.97. The third kappa shape index (κ3) is 1.41. The summed E-state index contributed by atoms with van der Waals surface area (Å²) in [5, 5.41) is 8.84. The molecule has 0 aromatic rings. The summed E-state index contributed by atoms with van der Waals surface area (Å²) in [6.45, 7) is 1.14. The summed E-state index contributed by atoms with van der Waals surface area (Å²) in [5.74, 6) is 1.16. The van der Waals surface area contributed by atoms with Crippen LogP contribution in [0.3, 0.4) is 0 Å². The van der Waals surface area contributed by atoms with E-state index in [2.05, 4.69) is 12.2 Å². The average molecular weight is 168 g/mol. The van der Waals surface area contributed by atoms with Crippen LogP contribution in [0.5, 0.6) is 0 Å². The van der Waals surface area contributed by atoms with Gasteiger partial charge in [-0.2, -0.15) is 0 Å². The van der Waals surface area contributed by atoms with E-state index >= 15 is 0 Å². The fraction of sp³-hybridized carbons (Fsp3) is 0.800. The van der Waals surface area contributed by atoms with Crippen molar-refractivity contribution in [2.24, 2.45) is 11.8 Å².